The second-order valence-electron chi connectivity index (χ2n) is 4.73. The highest BCUT2D eigenvalue weighted by molar-refractivity contribution is 7.16. The molecule has 0 fully saturated rings. The number of ether oxygens (including phenoxy) is 1. The Bertz CT molecular complexity index is 755. The van der Waals surface area contributed by atoms with Gasteiger partial charge in [-0.3, -0.25) is 0 Å². The lowest BCUT2D eigenvalue weighted by molar-refractivity contribution is 0.274. The molecule has 1 aliphatic rings. The van der Waals surface area contributed by atoms with Gasteiger partial charge in [-0.1, -0.05) is 18.2 Å². The molecule has 1 aliphatic heterocycles. The van der Waals surface area contributed by atoms with Crippen molar-refractivity contribution in [2.24, 2.45) is 0 Å². The zero-order valence-electron chi connectivity index (χ0n) is 10.7. The zero-order valence-corrected chi connectivity index (χ0v) is 11.6. The minimum atomic E-state index is 0.234. The summed E-state index contributed by atoms with van der Waals surface area (Å²) in [7, 11) is 0. The Morgan fingerprint density at radius 1 is 1.20 bits per heavy atom. The first-order chi connectivity index (χ1) is 9.92. The highest BCUT2D eigenvalue weighted by atomic mass is 32.1. The molecule has 4 nitrogen and oxygen atoms in total. The van der Waals surface area contributed by atoms with Gasteiger partial charge in [0.1, 0.15) is 22.7 Å². The lowest BCUT2D eigenvalue weighted by Gasteiger charge is -2.27. The van der Waals surface area contributed by atoms with Crippen LogP contribution in [0.2, 0.25) is 0 Å². The van der Waals surface area contributed by atoms with Crippen molar-refractivity contribution < 1.29 is 4.74 Å². The van der Waals surface area contributed by atoms with Gasteiger partial charge in [0.25, 0.3) is 0 Å². The summed E-state index contributed by atoms with van der Waals surface area (Å²) >= 11 is 1.63. The highest BCUT2D eigenvalue weighted by Gasteiger charge is 2.21. The van der Waals surface area contributed by atoms with E-state index in [1.165, 1.54) is 5.56 Å². The quantitative estimate of drug-likeness (QED) is 0.780. The molecule has 3 heterocycles. The minimum Gasteiger partial charge on any atom is -0.493 e. The minimum absolute atomic E-state index is 0.234. The first-order valence-electron chi connectivity index (χ1n) is 6.58. The second-order valence-corrected chi connectivity index (χ2v) is 5.63. The van der Waals surface area contributed by atoms with Crippen molar-refractivity contribution in [2.75, 3.05) is 11.9 Å². The van der Waals surface area contributed by atoms with Crippen LogP contribution < -0.4 is 10.1 Å². The van der Waals surface area contributed by atoms with E-state index >= 15 is 0 Å². The Morgan fingerprint density at radius 2 is 2.15 bits per heavy atom. The van der Waals surface area contributed by atoms with Crippen molar-refractivity contribution in [1.82, 2.24) is 9.97 Å². The van der Waals surface area contributed by atoms with Crippen LogP contribution in [-0.4, -0.2) is 16.6 Å². The van der Waals surface area contributed by atoms with Crippen LogP contribution in [0.3, 0.4) is 0 Å². The second kappa shape index (κ2) is 4.76. The van der Waals surface area contributed by atoms with Gasteiger partial charge in [0.2, 0.25) is 0 Å². The van der Waals surface area contributed by atoms with Gasteiger partial charge in [0.15, 0.2) is 0 Å². The number of hydrogen-bond acceptors (Lipinski definition) is 5. The molecular formula is C15H13N3OS. The highest BCUT2D eigenvalue weighted by Crippen LogP contribution is 2.35. The number of fused-ring (bicyclic) bond motifs is 2. The van der Waals surface area contributed by atoms with Crippen LogP contribution in [0.4, 0.5) is 5.82 Å². The third-order valence-electron chi connectivity index (χ3n) is 3.53. The summed E-state index contributed by atoms with van der Waals surface area (Å²) in [5, 5.41) is 6.67. The first-order valence-corrected chi connectivity index (χ1v) is 7.46. The Hall–Kier alpha value is -2.14. The summed E-state index contributed by atoms with van der Waals surface area (Å²) in [6.07, 6.45) is 2.55. The van der Waals surface area contributed by atoms with Crippen LogP contribution in [0.5, 0.6) is 5.75 Å². The van der Waals surface area contributed by atoms with Crippen LogP contribution in [0.15, 0.2) is 42.0 Å². The summed E-state index contributed by atoms with van der Waals surface area (Å²) in [6.45, 7) is 0.729. The summed E-state index contributed by atoms with van der Waals surface area (Å²) in [4.78, 5) is 9.69. The van der Waals surface area contributed by atoms with Crippen LogP contribution in [0, 0.1) is 0 Å². The molecule has 0 radical (unpaired) electrons. The van der Waals surface area contributed by atoms with Crippen molar-refractivity contribution in [2.45, 2.75) is 12.5 Å². The van der Waals surface area contributed by atoms with E-state index in [0.29, 0.717) is 0 Å². The molecular weight excluding hydrogens is 270 g/mol. The maximum atomic E-state index is 5.69. The van der Waals surface area contributed by atoms with Gasteiger partial charge in [0.05, 0.1) is 18.0 Å². The van der Waals surface area contributed by atoms with Crippen molar-refractivity contribution >= 4 is 27.4 Å². The fourth-order valence-electron chi connectivity index (χ4n) is 2.56. The van der Waals surface area contributed by atoms with E-state index in [9.17, 15) is 0 Å². The van der Waals surface area contributed by atoms with Gasteiger partial charge in [-0.05, 0) is 17.5 Å². The number of benzene rings is 1. The maximum Gasteiger partial charge on any atom is 0.138 e. The molecule has 1 atom stereocenters. The molecule has 0 unspecified atom stereocenters. The standard InChI is InChI=1S/C15H13N3OS/c1-2-4-13-10(3-1)12(5-7-19-13)18-14-11-6-8-20-15(11)17-9-16-14/h1-4,6,8-9,12H,5,7H2,(H,16,17,18)/t12-/m1/s1. The summed E-state index contributed by atoms with van der Waals surface area (Å²) < 4.78 is 5.69. The molecule has 100 valence electrons. The Balaban J connectivity index is 1.72. The molecule has 1 N–H and O–H groups in total. The van der Waals surface area contributed by atoms with E-state index < -0.39 is 0 Å². The van der Waals surface area contributed by atoms with Gasteiger partial charge in [-0.25, -0.2) is 9.97 Å². The van der Waals surface area contributed by atoms with Crippen molar-refractivity contribution in [3.05, 3.63) is 47.6 Å². The zero-order chi connectivity index (χ0) is 13.4. The molecule has 5 heteroatoms. The predicted molar refractivity (Wildman–Crippen MR) is 80.3 cm³/mol. The van der Waals surface area contributed by atoms with Crippen LogP contribution in [-0.2, 0) is 0 Å². The molecule has 1 aromatic carbocycles. The van der Waals surface area contributed by atoms with Gasteiger partial charge >= 0.3 is 0 Å². The summed E-state index contributed by atoms with van der Waals surface area (Å²) in [5.41, 5.74) is 1.20. The van der Waals surface area contributed by atoms with Crippen molar-refractivity contribution in [3.63, 3.8) is 0 Å². The number of aromatic nitrogens is 2. The number of anilines is 1. The van der Waals surface area contributed by atoms with Crippen molar-refractivity contribution in [3.8, 4) is 5.75 Å². The molecule has 0 saturated heterocycles. The largest absolute Gasteiger partial charge is 0.493 e. The monoisotopic (exact) mass is 283 g/mol. The van der Waals surface area contributed by atoms with Crippen LogP contribution in [0.1, 0.15) is 18.0 Å². The molecule has 0 bridgehead atoms. The number of nitrogens with one attached hydrogen (secondary N) is 1. The van der Waals surface area contributed by atoms with Gasteiger partial charge in [-0.15, -0.1) is 11.3 Å². The average molecular weight is 283 g/mol. The molecule has 0 amide bonds. The van der Waals surface area contributed by atoms with E-state index in [1.807, 2.05) is 23.6 Å². The molecule has 20 heavy (non-hydrogen) atoms. The maximum absolute atomic E-state index is 5.69. The van der Waals surface area contributed by atoms with E-state index in [4.69, 9.17) is 4.74 Å². The van der Waals surface area contributed by atoms with E-state index in [2.05, 4.69) is 27.4 Å². The first kappa shape index (κ1) is 11.7. The molecule has 0 saturated carbocycles. The lowest BCUT2D eigenvalue weighted by Crippen LogP contribution is -2.20. The van der Waals surface area contributed by atoms with E-state index in [1.54, 1.807) is 17.7 Å². The molecule has 0 aliphatic carbocycles. The topological polar surface area (TPSA) is 47.0 Å². The summed E-state index contributed by atoms with van der Waals surface area (Å²) in [5.74, 6) is 1.87. The number of hydrogen-bond donors (Lipinski definition) is 1. The normalized spacial score (nSPS) is 17.5. The Labute approximate surface area is 120 Å². The molecule has 0 spiro atoms. The number of nitrogens with zero attached hydrogens (tertiary/aromatic N) is 2. The Kier molecular flexibility index (Phi) is 2.77. The number of thiophene rings is 1. The third-order valence-corrected chi connectivity index (χ3v) is 4.35. The molecule has 3 aromatic rings. The van der Waals surface area contributed by atoms with E-state index in [0.717, 1.165) is 34.8 Å². The number of rotatable bonds is 2. The van der Waals surface area contributed by atoms with Gasteiger partial charge in [-0.2, -0.15) is 0 Å². The van der Waals surface area contributed by atoms with Gasteiger partial charge < -0.3 is 10.1 Å². The molecule has 4 rings (SSSR count). The fraction of sp³-hybridized carbons (Fsp3) is 0.200. The fourth-order valence-corrected chi connectivity index (χ4v) is 3.29. The third kappa shape index (κ3) is 1.91. The molecule has 2 aromatic heterocycles. The Morgan fingerprint density at radius 3 is 3.15 bits per heavy atom. The predicted octanol–water partition coefficient (Wildman–Crippen LogP) is 3.63. The lowest BCUT2D eigenvalue weighted by atomic mass is 10.0. The van der Waals surface area contributed by atoms with Crippen molar-refractivity contribution in [1.29, 1.82) is 0 Å². The summed E-state index contributed by atoms with van der Waals surface area (Å²) in [6, 6.07) is 10.5. The van der Waals surface area contributed by atoms with E-state index in [-0.39, 0.29) is 6.04 Å². The number of para-hydroxylation sites is 1. The van der Waals surface area contributed by atoms with Gasteiger partial charge in [0, 0.05) is 12.0 Å². The van der Waals surface area contributed by atoms with Crippen LogP contribution in [0.25, 0.3) is 10.2 Å². The van der Waals surface area contributed by atoms with Crippen LogP contribution >= 0.6 is 11.3 Å². The average Bonchev–Trinajstić information content (AvgIpc) is 2.97. The smallest absolute Gasteiger partial charge is 0.138 e. The SMILES string of the molecule is c1ccc2c(c1)OCC[C@H]2Nc1ncnc2sccc12.